The SMILES string of the molecule is COC(=O)c1cc(-c2ccc3c(c2)C(c2ccccc2)=NCC(=O)N3)c[nH]1. The van der Waals surface area contributed by atoms with Crippen molar-refractivity contribution in [1.29, 1.82) is 0 Å². The molecule has 6 nitrogen and oxygen atoms in total. The number of nitrogens with zero attached hydrogens (tertiary/aromatic N) is 1. The molecule has 6 heteroatoms. The van der Waals surface area contributed by atoms with Gasteiger partial charge in [0.1, 0.15) is 12.2 Å². The lowest BCUT2D eigenvalue weighted by Crippen LogP contribution is -2.13. The number of hydrogen-bond donors (Lipinski definition) is 2. The molecule has 0 atom stereocenters. The van der Waals surface area contributed by atoms with Crippen LogP contribution >= 0.6 is 0 Å². The van der Waals surface area contributed by atoms with Crippen LogP contribution in [0.3, 0.4) is 0 Å². The molecule has 1 aromatic heterocycles. The Morgan fingerprint density at radius 1 is 1.04 bits per heavy atom. The average Bonchev–Trinajstić information content (AvgIpc) is 3.13. The van der Waals surface area contributed by atoms with Gasteiger partial charge >= 0.3 is 5.97 Å². The third kappa shape index (κ3) is 3.25. The fourth-order valence-corrected chi connectivity index (χ4v) is 3.09. The van der Waals surface area contributed by atoms with Crippen molar-refractivity contribution in [3.05, 3.63) is 77.6 Å². The van der Waals surface area contributed by atoms with E-state index in [0.717, 1.165) is 28.0 Å². The molecule has 0 radical (unpaired) electrons. The number of amides is 1. The van der Waals surface area contributed by atoms with Crippen LogP contribution in [0.15, 0.2) is 65.8 Å². The van der Waals surface area contributed by atoms with Gasteiger partial charge in [-0.1, -0.05) is 36.4 Å². The summed E-state index contributed by atoms with van der Waals surface area (Å²) in [5.74, 6) is -0.570. The number of ether oxygens (including phenoxy) is 1. The number of carbonyl (C=O) groups is 2. The average molecular weight is 359 g/mol. The maximum absolute atomic E-state index is 12.0. The monoisotopic (exact) mass is 359 g/mol. The highest BCUT2D eigenvalue weighted by molar-refractivity contribution is 6.19. The first-order valence-electron chi connectivity index (χ1n) is 8.47. The molecule has 2 N–H and O–H groups in total. The van der Waals surface area contributed by atoms with Crippen molar-refractivity contribution >= 4 is 23.3 Å². The minimum atomic E-state index is -0.421. The lowest BCUT2D eigenvalue weighted by Gasteiger charge is -2.12. The van der Waals surface area contributed by atoms with Crippen LogP contribution in [0.5, 0.6) is 0 Å². The van der Waals surface area contributed by atoms with Gasteiger partial charge in [-0.15, -0.1) is 0 Å². The number of H-pyrrole nitrogens is 1. The second kappa shape index (κ2) is 6.92. The third-order valence-corrected chi connectivity index (χ3v) is 4.40. The molecule has 1 aliphatic rings. The summed E-state index contributed by atoms with van der Waals surface area (Å²) in [6.45, 7) is 0.0743. The van der Waals surface area contributed by atoms with Gasteiger partial charge < -0.3 is 15.0 Å². The molecule has 0 saturated carbocycles. The lowest BCUT2D eigenvalue weighted by atomic mass is 9.96. The molecule has 27 heavy (non-hydrogen) atoms. The standard InChI is InChI=1S/C21H17N3O3/c1-27-21(26)18-10-15(11-22-18)14-7-8-17-16(9-14)20(23-12-19(25)24-17)13-5-3-2-4-6-13/h2-11,22H,12H2,1H3,(H,24,25). The van der Waals surface area contributed by atoms with Crippen molar-refractivity contribution in [3.8, 4) is 11.1 Å². The number of benzodiazepines with no additional fused rings is 1. The quantitative estimate of drug-likeness (QED) is 0.704. The normalized spacial score (nSPS) is 13.2. The van der Waals surface area contributed by atoms with Crippen LogP contribution in [0.25, 0.3) is 11.1 Å². The van der Waals surface area contributed by atoms with Crippen molar-refractivity contribution in [3.63, 3.8) is 0 Å². The Hall–Kier alpha value is -3.67. The summed E-state index contributed by atoms with van der Waals surface area (Å²) in [6.07, 6.45) is 1.75. The molecule has 134 valence electrons. The molecule has 0 bridgehead atoms. The first-order chi connectivity index (χ1) is 13.2. The van der Waals surface area contributed by atoms with E-state index in [-0.39, 0.29) is 12.5 Å². The second-order valence-corrected chi connectivity index (χ2v) is 6.13. The molecule has 3 aromatic rings. The lowest BCUT2D eigenvalue weighted by molar-refractivity contribution is -0.114. The van der Waals surface area contributed by atoms with Gasteiger partial charge in [0, 0.05) is 22.9 Å². The molecule has 0 saturated heterocycles. The molecular weight excluding hydrogens is 342 g/mol. The Balaban J connectivity index is 1.81. The van der Waals surface area contributed by atoms with Crippen LogP contribution in [0.1, 0.15) is 21.6 Å². The van der Waals surface area contributed by atoms with E-state index in [1.165, 1.54) is 7.11 Å². The van der Waals surface area contributed by atoms with E-state index in [9.17, 15) is 9.59 Å². The number of aromatic nitrogens is 1. The third-order valence-electron chi connectivity index (χ3n) is 4.40. The van der Waals surface area contributed by atoms with Gasteiger partial charge in [0.15, 0.2) is 0 Å². The Bertz CT molecular complexity index is 1050. The van der Waals surface area contributed by atoms with Crippen molar-refractivity contribution in [1.82, 2.24) is 4.98 Å². The highest BCUT2D eigenvalue weighted by Gasteiger charge is 2.19. The fourth-order valence-electron chi connectivity index (χ4n) is 3.09. The number of aliphatic imine (C=N–C) groups is 1. The van der Waals surface area contributed by atoms with Gasteiger partial charge in [0.25, 0.3) is 0 Å². The van der Waals surface area contributed by atoms with Crippen LogP contribution in [0, 0.1) is 0 Å². The maximum atomic E-state index is 12.0. The molecule has 0 unspecified atom stereocenters. The Morgan fingerprint density at radius 3 is 2.63 bits per heavy atom. The van der Waals surface area contributed by atoms with Gasteiger partial charge in [-0.2, -0.15) is 0 Å². The number of benzene rings is 2. The summed E-state index contributed by atoms with van der Waals surface area (Å²) in [5, 5.41) is 2.90. The molecule has 1 aliphatic heterocycles. The number of anilines is 1. The number of esters is 1. The summed E-state index contributed by atoms with van der Waals surface area (Å²) in [4.78, 5) is 31.1. The Kier molecular flexibility index (Phi) is 4.30. The zero-order chi connectivity index (χ0) is 18.8. The van der Waals surface area contributed by atoms with E-state index in [1.807, 2.05) is 48.5 Å². The summed E-state index contributed by atoms with van der Waals surface area (Å²) in [5.41, 5.74) is 5.39. The largest absolute Gasteiger partial charge is 0.464 e. The van der Waals surface area contributed by atoms with Crippen LogP contribution in [0.4, 0.5) is 5.69 Å². The molecular formula is C21H17N3O3. The van der Waals surface area contributed by atoms with Gasteiger partial charge in [0.05, 0.1) is 18.5 Å². The molecule has 0 spiro atoms. The minimum absolute atomic E-state index is 0.0743. The van der Waals surface area contributed by atoms with Crippen LogP contribution < -0.4 is 5.32 Å². The first kappa shape index (κ1) is 16.8. The van der Waals surface area contributed by atoms with Gasteiger partial charge in [-0.3, -0.25) is 9.79 Å². The number of aromatic amines is 1. The Morgan fingerprint density at radius 2 is 1.85 bits per heavy atom. The molecule has 1 amide bonds. The molecule has 0 aliphatic carbocycles. The van der Waals surface area contributed by atoms with Gasteiger partial charge in [0.2, 0.25) is 5.91 Å². The fraction of sp³-hybridized carbons (Fsp3) is 0.0952. The number of carbonyl (C=O) groups excluding carboxylic acids is 2. The van der Waals surface area contributed by atoms with Crippen molar-refractivity contribution in [2.75, 3.05) is 19.0 Å². The molecule has 2 aromatic carbocycles. The van der Waals surface area contributed by atoms with Crippen molar-refractivity contribution in [2.24, 2.45) is 4.99 Å². The zero-order valence-corrected chi connectivity index (χ0v) is 14.7. The summed E-state index contributed by atoms with van der Waals surface area (Å²) < 4.78 is 4.74. The van der Waals surface area contributed by atoms with Crippen LogP contribution in [-0.2, 0) is 9.53 Å². The van der Waals surface area contributed by atoms with Crippen molar-refractivity contribution in [2.45, 2.75) is 0 Å². The zero-order valence-electron chi connectivity index (χ0n) is 14.7. The van der Waals surface area contributed by atoms with E-state index in [4.69, 9.17) is 4.74 Å². The molecule has 4 rings (SSSR count). The number of nitrogens with one attached hydrogen (secondary N) is 2. The number of methoxy groups -OCH3 is 1. The predicted octanol–water partition coefficient (Wildman–Crippen LogP) is 3.26. The molecule has 2 heterocycles. The Labute approximate surface area is 155 Å². The second-order valence-electron chi connectivity index (χ2n) is 6.13. The summed E-state index contributed by atoms with van der Waals surface area (Å²) in [6, 6.07) is 17.2. The minimum Gasteiger partial charge on any atom is -0.464 e. The molecule has 0 fully saturated rings. The topological polar surface area (TPSA) is 83.5 Å². The number of hydrogen-bond acceptors (Lipinski definition) is 4. The van der Waals surface area contributed by atoms with Crippen LogP contribution in [0.2, 0.25) is 0 Å². The van der Waals surface area contributed by atoms with Crippen molar-refractivity contribution < 1.29 is 14.3 Å². The first-order valence-corrected chi connectivity index (χ1v) is 8.47. The van der Waals surface area contributed by atoms with E-state index in [1.54, 1.807) is 12.3 Å². The van der Waals surface area contributed by atoms with E-state index in [2.05, 4.69) is 15.3 Å². The van der Waals surface area contributed by atoms with Crippen LogP contribution in [-0.4, -0.2) is 36.2 Å². The highest BCUT2D eigenvalue weighted by atomic mass is 16.5. The predicted molar refractivity (Wildman–Crippen MR) is 103 cm³/mol. The van der Waals surface area contributed by atoms with Gasteiger partial charge in [-0.25, -0.2) is 4.79 Å². The van der Waals surface area contributed by atoms with Gasteiger partial charge in [-0.05, 0) is 23.8 Å². The smallest absolute Gasteiger partial charge is 0.354 e. The number of rotatable bonds is 3. The highest BCUT2D eigenvalue weighted by Crippen LogP contribution is 2.29. The van der Waals surface area contributed by atoms with E-state index in [0.29, 0.717) is 11.4 Å². The van der Waals surface area contributed by atoms with E-state index < -0.39 is 5.97 Å². The number of fused-ring (bicyclic) bond motifs is 1. The summed E-state index contributed by atoms with van der Waals surface area (Å²) >= 11 is 0. The summed E-state index contributed by atoms with van der Waals surface area (Å²) in [7, 11) is 1.34. The maximum Gasteiger partial charge on any atom is 0.354 e. The van der Waals surface area contributed by atoms with E-state index >= 15 is 0 Å².